The number of carbonyl (C=O) groups is 2. The van der Waals surface area contributed by atoms with Crippen LogP contribution in [0.2, 0.25) is 0 Å². The molecule has 0 saturated heterocycles. The van der Waals surface area contributed by atoms with Crippen molar-refractivity contribution in [1.29, 1.82) is 0 Å². The molecular formula is C62H126N2O2. The highest BCUT2D eigenvalue weighted by molar-refractivity contribution is 5.76. The summed E-state index contributed by atoms with van der Waals surface area (Å²) in [4.78, 5) is 24.0. The van der Waals surface area contributed by atoms with Gasteiger partial charge in [0.2, 0.25) is 5.91 Å². The van der Waals surface area contributed by atoms with Crippen molar-refractivity contribution in [3.63, 3.8) is 0 Å². The highest BCUT2D eigenvalue weighted by atomic mass is 16.2. The van der Waals surface area contributed by atoms with Crippen LogP contribution < -0.4 is 5.32 Å². The topological polar surface area (TPSA) is 49.4 Å². The van der Waals surface area contributed by atoms with Gasteiger partial charge < -0.3 is 15.0 Å². The first kappa shape index (κ1) is 69.1. The molecular weight excluding hydrogens is 805 g/mol. The van der Waals surface area contributed by atoms with Crippen LogP contribution in [0.4, 0.5) is 0 Å². The first-order chi connectivity index (χ1) is 32.3. The van der Waals surface area contributed by atoms with Gasteiger partial charge in [-0.25, -0.2) is 0 Å². The highest BCUT2D eigenvalue weighted by Crippen LogP contribution is 2.27. The minimum Gasteiger partial charge on any atom is -0.340 e. The van der Waals surface area contributed by atoms with Gasteiger partial charge in [-0.3, -0.25) is 4.79 Å². The molecule has 0 rings (SSSR count). The van der Waals surface area contributed by atoms with Crippen LogP contribution in [0.25, 0.3) is 0 Å². The van der Waals surface area contributed by atoms with Crippen molar-refractivity contribution in [2.24, 2.45) is 11.8 Å². The molecule has 0 bridgehead atoms. The fraction of sp³-hybridized carbons (Fsp3) is 0.935. The van der Waals surface area contributed by atoms with Crippen LogP contribution >= 0.6 is 0 Å². The Bertz CT molecular complexity index is 897. The average Bonchev–Trinajstić information content (AvgIpc) is 3.32. The smallest absolute Gasteiger partial charge is 0.222 e. The molecule has 396 valence electrons. The Hall–Kier alpha value is -1.16. The fourth-order valence-electron chi connectivity index (χ4n) is 9.95. The van der Waals surface area contributed by atoms with E-state index in [0.717, 1.165) is 44.2 Å². The molecule has 0 aromatic heterocycles. The van der Waals surface area contributed by atoms with Crippen LogP contribution in [0.1, 0.15) is 337 Å². The zero-order chi connectivity index (χ0) is 49.4. The molecule has 0 fully saturated rings. The zero-order valence-electron chi connectivity index (χ0n) is 47.1. The molecule has 1 unspecified atom stereocenters. The number of amides is 1. The predicted octanol–water partition coefficient (Wildman–Crippen LogP) is 20.7. The van der Waals surface area contributed by atoms with Crippen LogP contribution in [0.15, 0.2) is 12.2 Å². The number of allylic oxidation sites excluding steroid dienone is 1. The Labute approximate surface area is 418 Å². The van der Waals surface area contributed by atoms with Crippen molar-refractivity contribution >= 4 is 12.7 Å². The van der Waals surface area contributed by atoms with Gasteiger partial charge in [-0.05, 0) is 70.4 Å². The van der Waals surface area contributed by atoms with E-state index in [1.807, 2.05) is 13.8 Å². The molecule has 0 aliphatic rings. The normalized spacial score (nSPS) is 11.7. The van der Waals surface area contributed by atoms with Gasteiger partial charge in [0.25, 0.3) is 0 Å². The van der Waals surface area contributed by atoms with E-state index in [4.69, 9.17) is 4.79 Å². The number of unbranched alkanes of at least 4 members (excludes halogenated alkanes) is 28. The second-order valence-electron chi connectivity index (χ2n) is 21.1. The largest absolute Gasteiger partial charge is 0.340 e. The third-order valence-electron chi connectivity index (χ3n) is 14.4. The number of hydrogen-bond acceptors (Lipinski definition) is 3. The first-order valence-corrected chi connectivity index (χ1v) is 30.2. The van der Waals surface area contributed by atoms with E-state index in [0.29, 0.717) is 11.9 Å². The average molecular weight is 932 g/mol. The lowest BCUT2D eigenvalue weighted by Crippen LogP contribution is -2.41. The molecule has 1 N–H and O–H groups in total. The molecule has 1 atom stereocenters. The summed E-state index contributed by atoms with van der Waals surface area (Å²) in [7, 11) is 2.04. The Kier molecular flexibility index (Phi) is 62.8. The standard InChI is InChI=1S/C47H94N2O.C14H30.CH2O/c1-7-11-15-19-21-25-31-38-46(49(42-34-41-48-6)47(50)40-33-27-20-16-12-8-2)39-32-26-23-22-24-28-35-44(5)43-45(36-29-17-13-9-3)37-30-18-14-10-4;1-4-6-8-10-12-14(3)13-11-9-7-5-2;1-2/h45-46,48H,5,7-43H2,1-4,6H3;14H,4-13H2,1-3H3;1H2. The maximum atomic E-state index is 13.7. The summed E-state index contributed by atoms with van der Waals surface area (Å²) in [5.74, 6) is 2.29. The van der Waals surface area contributed by atoms with Crippen LogP contribution in [-0.4, -0.2) is 43.8 Å². The van der Waals surface area contributed by atoms with Crippen LogP contribution in [0.5, 0.6) is 0 Å². The van der Waals surface area contributed by atoms with E-state index in [1.165, 1.54) is 275 Å². The van der Waals surface area contributed by atoms with Gasteiger partial charge in [-0.1, -0.05) is 298 Å². The van der Waals surface area contributed by atoms with Crippen LogP contribution in [0, 0.1) is 11.8 Å². The predicted molar refractivity (Wildman–Crippen MR) is 300 cm³/mol. The summed E-state index contributed by atoms with van der Waals surface area (Å²) in [6.07, 6.45) is 60.0. The number of carbonyl (C=O) groups excluding carboxylic acids is 2. The second-order valence-corrected chi connectivity index (χ2v) is 21.1. The SMILES string of the molecule is C=C(CCCCCCCCC(CCCCCCCCC)N(CCCNC)C(=O)CCCCCCCC)CC(CCCCCC)CCCCCC.C=O.CCCCCCC(C)CCCCCC. The number of nitrogens with one attached hydrogen (secondary N) is 1. The van der Waals surface area contributed by atoms with Gasteiger partial charge in [-0.15, -0.1) is 0 Å². The molecule has 1 amide bonds. The quantitative estimate of drug-likeness (QED) is 0.0488. The van der Waals surface area contributed by atoms with Gasteiger partial charge in [0.15, 0.2) is 0 Å². The number of rotatable bonds is 51. The van der Waals surface area contributed by atoms with Crippen LogP contribution in [-0.2, 0) is 9.59 Å². The van der Waals surface area contributed by atoms with E-state index < -0.39 is 0 Å². The lowest BCUT2D eigenvalue weighted by atomic mass is 9.87. The lowest BCUT2D eigenvalue weighted by molar-refractivity contribution is -0.134. The Balaban J connectivity index is -0.00000210. The summed E-state index contributed by atoms with van der Waals surface area (Å²) in [5, 5.41) is 3.32. The molecule has 0 radical (unpaired) electrons. The van der Waals surface area contributed by atoms with Crippen molar-refractivity contribution in [1.82, 2.24) is 10.2 Å². The van der Waals surface area contributed by atoms with Gasteiger partial charge in [-0.2, -0.15) is 0 Å². The van der Waals surface area contributed by atoms with Gasteiger partial charge in [0.1, 0.15) is 6.79 Å². The summed E-state index contributed by atoms with van der Waals surface area (Å²) < 4.78 is 0. The minimum absolute atomic E-state index is 0.439. The summed E-state index contributed by atoms with van der Waals surface area (Å²) in [6, 6.07) is 0.440. The molecule has 0 aromatic rings. The minimum atomic E-state index is 0.439. The molecule has 4 heteroatoms. The van der Waals surface area contributed by atoms with Crippen molar-refractivity contribution < 1.29 is 9.59 Å². The summed E-state index contributed by atoms with van der Waals surface area (Å²) >= 11 is 0. The summed E-state index contributed by atoms with van der Waals surface area (Å²) in [5.41, 5.74) is 1.53. The maximum Gasteiger partial charge on any atom is 0.222 e. The monoisotopic (exact) mass is 931 g/mol. The second kappa shape index (κ2) is 60.0. The summed E-state index contributed by atoms with van der Waals surface area (Å²) in [6.45, 7) is 24.7. The third kappa shape index (κ3) is 52.2. The molecule has 0 aliphatic carbocycles. The molecule has 66 heavy (non-hydrogen) atoms. The first-order valence-electron chi connectivity index (χ1n) is 30.2. The van der Waals surface area contributed by atoms with Crippen molar-refractivity contribution in [2.75, 3.05) is 20.1 Å². The van der Waals surface area contributed by atoms with E-state index in [2.05, 4.69) is 65.3 Å². The van der Waals surface area contributed by atoms with Gasteiger partial charge in [0.05, 0.1) is 0 Å². The number of hydrogen-bond donors (Lipinski definition) is 1. The Morgan fingerprint density at radius 3 is 1.14 bits per heavy atom. The van der Waals surface area contributed by atoms with Gasteiger partial charge >= 0.3 is 0 Å². The Morgan fingerprint density at radius 2 is 0.742 bits per heavy atom. The van der Waals surface area contributed by atoms with E-state index in [1.54, 1.807) is 0 Å². The molecule has 4 nitrogen and oxygen atoms in total. The zero-order valence-corrected chi connectivity index (χ0v) is 47.1. The van der Waals surface area contributed by atoms with Crippen molar-refractivity contribution in [2.45, 2.75) is 343 Å². The van der Waals surface area contributed by atoms with E-state index in [9.17, 15) is 4.79 Å². The maximum absolute atomic E-state index is 13.7. The van der Waals surface area contributed by atoms with Crippen molar-refractivity contribution in [3.8, 4) is 0 Å². The third-order valence-corrected chi connectivity index (χ3v) is 14.4. The van der Waals surface area contributed by atoms with Crippen molar-refractivity contribution in [3.05, 3.63) is 12.2 Å². The molecule has 0 aliphatic heterocycles. The molecule has 0 saturated carbocycles. The van der Waals surface area contributed by atoms with E-state index >= 15 is 0 Å². The molecule has 0 aromatic carbocycles. The Morgan fingerprint density at radius 1 is 0.424 bits per heavy atom. The molecule has 0 spiro atoms. The number of nitrogens with zero attached hydrogens (tertiary/aromatic N) is 1. The lowest BCUT2D eigenvalue weighted by Gasteiger charge is -2.33. The highest BCUT2D eigenvalue weighted by Gasteiger charge is 2.22. The van der Waals surface area contributed by atoms with Gasteiger partial charge in [0, 0.05) is 19.0 Å². The fourth-order valence-corrected chi connectivity index (χ4v) is 9.95. The van der Waals surface area contributed by atoms with E-state index in [-0.39, 0.29) is 0 Å². The van der Waals surface area contributed by atoms with Crippen LogP contribution in [0.3, 0.4) is 0 Å². The molecule has 0 heterocycles.